The number of hydrogen-bond acceptors (Lipinski definition) is 3. The molecule has 2 rings (SSSR count). The molecular weight excluding hydrogens is 286 g/mol. The third-order valence-corrected chi connectivity index (χ3v) is 4.03. The fourth-order valence-electron chi connectivity index (χ4n) is 1.40. The number of sulfonamides is 1. The number of benzene rings is 1. The third-order valence-electron chi connectivity index (χ3n) is 2.29. The van der Waals surface area contributed by atoms with Crippen molar-refractivity contribution in [3.63, 3.8) is 0 Å². The Kier molecular flexibility index (Phi) is 3.82. The lowest BCUT2D eigenvalue weighted by atomic mass is 10.2. The van der Waals surface area contributed by atoms with Crippen LogP contribution in [-0.2, 0) is 10.0 Å². The molecule has 1 aromatic carbocycles. The number of nitrogens with two attached hydrogens (primary N) is 1. The summed E-state index contributed by atoms with van der Waals surface area (Å²) >= 11 is 5.74. The van der Waals surface area contributed by atoms with E-state index in [0.717, 1.165) is 0 Å². The third kappa shape index (κ3) is 3.10. The van der Waals surface area contributed by atoms with Crippen molar-refractivity contribution >= 4 is 27.5 Å². The Labute approximate surface area is 115 Å². The molecule has 0 atom stereocenters. The summed E-state index contributed by atoms with van der Waals surface area (Å²) in [5.41, 5.74) is 6.20. The molecule has 0 aliphatic heterocycles. The minimum absolute atomic E-state index is 0.0967. The highest BCUT2D eigenvalue weighted by atomic mass is 35.5. The zero-order chi connectivity index (χ0) is 13.9. The van der Waals surface area contributed by atoms with Crippen LogP contribution in [0.2, 0.25) is 5.15 Å². The molecular formula is C12H10ClN3O2S. The van der Waals surface area contributed by atoms with Crippen LogP contribution in [0, 0.1) is 0 Å². The van der Waals surface area contributed by atoms with Gasteiger partial charge in [-0.2, -0.15) is 8.42 Å². The highest BCUT2D eigenvalue weighted by molar-refractivity contribution is 7.90. The number of amidine groups is 1. The summed E-state index contributed by atoms with van der Waals surface area (Å²) in [6.07, 6.45) is 1.39. The summed E-state index contributed by atoms with van der Waals surface area (Å²) in [6.45, 7) is 0. The van der Waals surface area contributed by atoms with Gasteiger partial charge < -0.3 is 5.73 Å². The average Bonchev–Trinajstić information content (AvgIpc) is 2.39. The van der Waals surface area contributed by atoms with Gasteiger partial charge in [-0.15, -0.1) is 4.40 Å². The summed E-state index contributed by atoms with van der Waals surface area (Å²) in [7, 11) is -3.97. The van der Waals surface area contributed by atoms with Crippen LogP contribution in [0.1, 0.15) is 5.56 Å². The molecule has 1 heterocycles. The molecule has 0 aliphatic carbocycles. The Morgan fingerprint density at radius 3 is 2.47 bits per heavy atom. The van der Waals surface area contributed by atoms with Gasteiger partial charge in [-0.3, -0.25) is 0 Å². The SMILES string of the molecule is N/C(=N\S(=O)(=O)c1cccnc1Cl)c1ccccc1. The van der Waals surface area contributed by atoms with Crippen molar-refractivity contribution < 1.29 is 8.42 Å². The normalized spacial score (nSPS) is 12.4. The molecule has 0 unspecified atom stereocenters. The molecule has 0 saturated heterocycles. The van der Waals surface area contributed by atoms with Crippen LogP contribution in [0.15, 0.2) is 58.0 Å². The molecule has 98 valence electrons. The van der Waals surface area contributed by atoms with E-state index in [1.807, 2.05) is 0 Å². The maximum absolute atomic E-state index is 12.0. The van der Waals surface area contributed by atoms with Gasteiger partial charge in [0, 0.05) is 11.8 Å². The highest BCUT2D eigenvalue weighted by Crippen LogP contribution is 2.20. The second-order valence-corrected chi connectivity index (χ2v) is 5.54. The number of halogens is 1. The topological polar surface area (TPSA) is 85.4 Å². The average molecular weight is 296 g/mol. The molecule has 2 aromatic rings. The molecule has 1 aromatic heterocycles. The van der Waals surface area contributed by atoms with Crippen LogP contribution in [0.3, 0.4) is 0 Å². The number of nitrogens with zero attached hydrogens (tertiary/aromatic N) is 2. The molecule has 0 aliphatic rings. The summed E-state index contributed by atoms with van der Waals surface area (Å²) in [4.78, 5) is 3.53. The first-order valence-corrected chi connectivity index (χ1v) is 7.09. The van der Waals surface area contributed by atoms with E-state index in [-0.39, 0.29) is 15.9 Å². The number of rotatable bonds is 3. The van der Waals surface area contributed by atoms with Crippen LogP contribution >= 0.6 is 11.6 Å². The van der Waals surface area contributed by atoms with Crippen LogP contribution in [0.25, 0.3) is 0 Å². The second kappa shape index (κ2) is 5.38. The van der Waals surface area contributed by atoms with Crippen molar-refractivity contribution in [1.29, 1.82) is 0 Å². The zero-order valence-corrected chi connectivity index (χ0v) is 11.3. The Hall–Kier alpha value is -1.92. The first kappa shape index (κ1) is 13.5. The summed E-state index contributed by atoms with van der Waals surface area (Å²) in [6, 6.07) is 11.4. The lowest BCUT2D eigenvalue weighted by Crippen LogP contribution is -2.16. The fraction of sp³-hybridized carbons (Fsp3) is 0. The van der Waals surface area contributed by atoms with Gasteiger partial charge in [0.2, 0.25) is 0 Å². The number of pyridine rings is 1. The van der Waals surface area contributed by atoms with Gasteiger partial charge in [0.1, 0.15) is 15.9 Å². The van der Waals surface area contributed by atoms with Gasteiger partial charge in [-0.25, -0.2) is 4.98 Å². The Morgan fingerprint density at radius 1 is 1.16 bits per heavy atom. The maximum atomic E-state index is 12.0. The monoisotopic (exact) mass is 295 g/mol. The van der Waals surface area contributed by atoms with Crippen LogP contribution < -0.4 is 5.73 Å². The van der Waals surface area contributed by atoms with Gasteiger partial charge in [-0.05, 0) is 12.1 Å². The zero-order valence-electron chi connectivity index (χ0n) is 9.69. The Bertz CT molecular complexity index is 715. The Balaban J connectivity index is 2.45. The maximum Gasteiger partial charge on any atom is 0.287 e. The van der Waals surface area contributed by atoms with Crippen molar-refractivity contribution in [2.45, 2.75) is 4.90 Å². The number of hydrogen-bond donors (Lipinski definition) is 1. The lowest BCUT2D eigenvalue weighted by molar-refractivity contribution is 0.597. The molecule has 0 spiro atoms. The fourth-order valence-corrected chi connectivity index (χ4v) is 2.79. The molecule has 0 fully saturated rings. The van der Waals surface area contributed by atoms with E-state index >= 15 is 0 Å². The van der Waals surface area contributed by atoms with Crippen molar-refractivity contribution in [2.75, 3.05) is 0 Å². The largest absolute Gasteiger partial charge is 0.383 e. The number of aromatic nitrogens is 1. The van der Waals surface area contributed by atoms with E-state index in [2.05, 4.69) is 9.38 Å². The minimum Gasteiger partial charge on any atom is -0.383 e. The summed E-state index contributed by atoms with van der Waals surface area (Å²) < 4.78 is 27.6. The molecule has 0 saturated carbocycles. The molecule has 0 bridgehead atoms. The van der Waals surface area contributed by atoms with E-state index in [1.54, 1.807) is 30.3 Å². The first-order valence-electron chi connectivity index (χ1n) is 5.27. The standard InChI is InChI=1S/C12H10ClN3O2S/c13-11-10(7-4-8-15-11)19(17,18)16-12(14)9-5-2-1-3-6-9/h1-8H,(H2,14,16). The smallest absolute Gasteiger partial charge is 0.287 e. The van der Waals surface area contributed by atoms with Gasteiger partial charge in [0.25, 0.3) is 10.0 Å². The molecule has 7 heteroatoms. The molecule has 2 N–H and O–H groups in total. The predicted octanol–water partition coefficient (Wildman–Crippen LogP) is 1.83. The van der Waals surface area contributed by atoms with Crippen molar-refractivity contribution in [2.24, 2.45) is 10.1 Å². The van der Waals surface area contributed by atoms with Crippen LogP contribution in [-0.4, -0.2) is 19.2 Å². The Morgan fingerprint density at radius 2 is 1.84 bits per heavy atom. The van der Waals surface area contributed by atoms with Gasteiger partial charge in [-0.1, -0.05) is 41.9 Å². The van der Waals surface area contributed by atoms with E-state index in [0.29, 0.717) is 5.56 Å². The van der Waals surface area contributed by atoms with Crippen molar-refractivity contribution in [3.05, 3.63) is 59.4 Å². The second-order valence-electron chi connectivity index (χ2n) is 3.61. The lowest BCUT2D eigenvalue weighted by Gasteiger charge is -2.03. The van der Waals surface area contributed by atoms with Crippen molar-refractivity contribution in [3.8, 4) is 0 Å². The minimum atomic E-state index is -3.97. The molecule has 19 heavy (non-hydrogen) atoms. The highest BCUT2D eigenvalue weighted by Gasteiger charge is 2.18. The quantitative estimate of drug-likeness (QED) is 0.532. The van der Waals surface area contributed by atoms with Crippen LogP contribution in [0.4, 0.5) is 0 Å². The van der Waals surface area contributed by atoms with Crippen molar-refractivity contribution in [1.82, 2.24) is 4.98 Å². The molecule has 0 amide bonds. The van der Waals surface area contributed by atoms with Crippen LogP contribution in [0.5, 0.6) is 0 Å². The van der Waals surface area contributed by atoms with E-state index in [9.17, 15) is 8.42 Å². The van der Waals surface area contributed by atoms with Gasteiger partial charge in [0.15, 0.2) is 0 Å². The first-order chi connectivity index (χ1) is 9.00. The molecule has 5 nitrogen and oxygen atoms in total. The van der Waals surface area contributed by atoms with E-state index < -0.39 is 10.0 Å². The van der Waals surface area contributed by atoms with Gasteiger partial charge >= 0.3 is 0 Å². The predicted molar refractivity (Wildman–Crippen MR) is 73.6 cm³/mol. The van der Waals surface area contributed by atoms with E-state index in [1.165, 1.54) is 18.3 Å². The molecule has 0 radical (unpaired) electrons. The summed E-state index contributed by atoms with van der Waals surface area (Å²) in [5, 5.41) is -0.132. The van der Waals surface area contributed by atoms with E-state index in [4.69, 9.17) is 17.3 Å². The summed E-state index contributed by atoms with van der Waals surface area (Å²) in [5.74, 6) is -0.0967. The van der Waals surface area contributed by atoms with Gasteiger partial charge in [0.05, 0.1) is 0 Å².